The van der Waals surface area contributed by atoms with Crippen LogP contribution in [0.15, 0.2) is 48.5 Å². The van der Waals surface area contributed by atoms with Crippen molar-refractivity contribution in [2.45, 2.75) is 26.3 Å². The highest BCUT2D eigenvalue weighted by Crippen LogP contribution is 2.18. The van der Waals surface area contributed by atoms with Crippen molar-refractivity contribution in [3.8, 4) is 5.75 Å². The summed E-state index contributed by atoms with van der Waals surface area (Å²) in [6.07, 6.45) is 0.763. The molecular formula is C17H19NO2. The predicted octanol–water partition coefficient (Wildman–Crippen LogP) is 3.06. The second kappa shape index (κ2) is 6.24. The third-order valence-electron chi connectivity index (χ3n) is 3.16. The Morgan fingerprint density at radius 2 is 1.90 bits per heavy atom. The van der Waals surface area contributed by atoms with Crippen molar-refractivity contribution in [2.75, 3.05) is 0 Å². The van der Waals surface area contributed by atoms with Gasteiger partial charge in [0.25, 0.3) is 5.91 Å². The number of rotatable bonds is 4. The van der Waals surface area contributed by atoms with Crippen LogP contribution in [0.3, 0.4) is 0 Å². The first kappa shape index (κ1) is 14.1. The molecule has 1 amide bonds. The molecule has 0 radical (unpaired) electrons. The predicted molar refractivity (Wildman–Crippen MR) is 79.9 cm³/mol. The SMILES string of the molecule is Cc1ccc(C(=O)NC(C)Cc2ccccc2)c(O)c1. The fraction of sp³-hybridized carbons (Fsp3) is 0.235. The van der Waals surface area contributed by atoms with Crippen molar-refractivity contribution < 1.29 is 9.90 Å². The van der Waals surface area contributed by atoms with Gasteiger partial charge in [-0.15, -0.1) is 0 Å². The zero-order chi connectivity index (χ0) is 14.5. The van der Waals surface area contributed by atoms with E-state index in [0.717, 1.165) is 12.0 Å². The number of amides is 1. The Balaban J connectivity index is 2.00. The Labute approximate surface area is 119 Å². The number of nitrogens with one attached hydrogen (secondary N) is 1. The third-order valence-corrected chi connectivity index (χ3v) is 3.16. The molecule has 2 aromatic rings. The van der Waals surface area contributed by atoms with Crippen LogP contribution in [0, 0.1) is 6.92 Å². The van der Waals surface area contributed by atoms with Crippen molar-refractivity contribution in [1.82, 2.24) is 5.32 Å². The Bertz CT molecular complexity index is 593. The minimum absolute atomic E-state index is 0.00519. The minimum Gasteiger partial charge on any atom is -0.507 e. The molecule has 0 aromatic heterocycles. The fourth-order valence-corrected chi connectivity index (χ4v) is 2.15. The van der Waals surface area contributed by atoms with Crippen molar-refractivity contribution in [2.24, 2.45) is 0 Å². The number of phenolic OH excluding ortho intramolecular Hbond substituents is 1. The number of carbonyl (C=O) groups excluding carboxylic acids is 1. The number of benzene rings is 2. The van der Waals surface area contributed by atoms with E-state index < -0.39 is 0 Å². The van der Waals surface area contributed by atoms with E-state index in [-0.39, 0.29) is 17.7 Å². The molecule has 0 aliphatic carbocycles. The van der Waals surface area contributed by atoms with E-state index in [4.69, 9.17) is 0 Å². The molecule has 104 valence electrons. The van der Waals surface area contributed by atoms with Gasteiger partial charge in [-0.1, -0.05) is 36.4 Å². The molecule has 2 aromatic carbocycles. The molecule has 0 aliphatic rings. The number of aromatic hydroxyl groups is 1. The molecule has 1 unspecified atom stereocenters. The Kier molecular flexibility index (Phi) is 4.41. The van der Waals surface area contributed by atoms with Crippen molar-refractivity contribution in [1.29, 1.82) is 0 Å². The van der Waals surface area contributed by atoms with E-state index in [2.05, 4.69) is 5.32 Å². The summed E-state index contributed by atoms with van der Waals surface area (Å²) in [4.78, 5) is 12.1. The maximum absolute atomic E-state index is 12.1. The van der Waals surface area contributed by atoms with Crippen LogP contribution >= 0.6 is 0 Å². The van der Waals surface area contributed by atoms with E-state index in [9.17, 15) is 9.90 Å². The van der Waals surface area contributed by atoms with Crippen LogP contribution in [0.5, 0.6) is 5.75 Å². The van der Waals surface area contributed by atoms with Gasteiger partial charge in [-0.3, -0.25) is 4.79 Å². The molecule has 0 bridgehead atoms. The molecule has 0 heterocycles. The van der Waals surface area contributed by atoms with Crippen LogP contribution in [-0.2, 0) is 6.42 Å². The molecule has 1 atom stereocenters. The summed E-state index contributed by atoms with van der Waals surface area (Å²) in [6.45, 7) is 3.83. The van der Waals surface area contributed by atoms with Crippen LogP contribution in [-0.4, -0.2) is 17.1 Å². The summed E-state index contributed by atoms with van der Waals surface area (Å²) in [5.41, 5.74) is 2.42. The van der Waals surface area contributed by atoms with Gasteiger partial charge in [-0.25, -0.2) is 0 Å². The summed E-state index contributed by atoms with van der Waals surface area (Å²) in [7, 11) is 0. The van der Waals surface area contributed by atoms with Gasteiger partial charge in [-0.05, 0) is 43.5 Å². The topological polar surface area (TPSA) is 49.3 Å². The van der Waals surface area contributed by atoms with E-state index in [1.54, 1.807) is 12.1 Å². The van der Waals surface area contributed by atoms with Crippen LogP contribution in [0.2, 0.25) is 0 Å². The van der Waals surface area contributed by atoms with E-state index in [1.807, 2.05) is 50.2 Å². The molecule has 2 N–H and O–H groups in total. The summed E-state index contributed by atoms with van der Waals surface area (Å²) in [5, 5.41) is 12.7. The zero-order valence-electron chi connectivity index (χ0n) is 11.8. The van der Waals surface area contributed by atoms with Gasteiger partial charge in [0.2, 0.25) is 0 Å². The largest absolute Gasteiger partial charge is 0.507 e. The Hall–Kier alpha value is -2.29. The number of phenols is 1. The molecule has 0 saturated carbocycles. The maximum atomic E-state index is 12.1. The smallest absolute Gasteiger partial charge is 0.255 e. The van der Waals surface area contributed by atoms with E-state index in [0.29, 0.717) is 5.56 Å². The molecule has 0 fully saturated rings. The van der Waals surface area contributed by atoms with Crippen LogP contribution in [0.1, 0.15) is 28.4 Å². The number of hydrogen-bond donors (Lipinski definition) is 2. The highest BCUT2D eigenvalue weighted by Gasteiger charge is 2.13. The lowest BCUT2D eigenvalue weighted by atomic mass is 10.1. The first-order chi connectivity index (χ1) is 9.56. The average Bonchev–Trinajstić information content (AvgIpc) is 2.39. The quantitative estimate of drug-likeness (QED) is 0.896. The lowest BCUT2D eigenvalue weighted by molar-refractivity contribution is 0.0937. The average molecular weight is 269 g/mol. The summed E-state index contributed by atoms with van der Waals surface area (Å²) < 4.78 is 0. The molecule has 2 rings (SSSR count). The van der Waals surface area contributed by atoms with Gasteiger partial charge in [0.15, 0.2) is 0 Å². The lowest BCUT2D eigenvalue weighted by Crippen LogP contribution is -2.34. The van der Waals surface area contributed by atoms with Crippen molar-refractivity contribution >= 4 is 5.91 Å². The molecular weight excluding hydrogens is 250 g/mol. The van der Waals surface area contributed by atoms with Crippen LogP contribution in [0.25, 0.3) is 0 Å². The van der Waals surface area contributed by atoms with Gasteiger partial charge in [0.1, 0.15) is 5.75 Å². The first-order valence-corrected chi connectivity index (χ1v) is 6.70. The van der Waals surface area contributed by atoms with Gasteiger partial charge in [0.05, 0.1) is 5.56 Å². The molecule has 0 aliphatic heterocycles. The molecule has 0 saturated heterocycles. The molecule has 20 heavy (non-hydrogen) atoms. The second-order valence-corrected chi connectivity index (χ2v) is 5.08. The number of hydrogen-bond acceptors (Lipinski definition) is 2. The summed E-state index contributed by atoms with van der Waals surface area (Å²) >= 11 is 0. The molecule has 3 nitrogen and oxygen atoms in total. The fourth-order valence-electron chi connectivity index (χ4n) is 2.15. The highest BCUT2D eigenvalue weighted by molar-refractivity contribution is 5.97. The highest BCUT2D eigenvalue weighted by atomic mass is 16.3. The van der Waals surface area contributed by atoms with Crippen LogP contribution < -0.4 is 5.32 Å². The minimum atomic E-state index is -0.245. The first-order valence-electron chi connectivity index (χ1n) is 6.70. The van der Waals surface area contributed by atoms with Gasteiger partial charge in [0, 0.05) is 6.04 Å². The summed E-state index contributed by atoms with van der Waals surface area (Å²) in [6, 6.07) is 15.1. The van der Waals surface area contributed by atoms with Crippen molar-refractivity contribution in [3.63, 3.8) is 0 Å². The Morgan fingerprint density at radius 3 is 2.55 bits per heavy atom. The molecule has 3 heteroatoms. The number of carbonyl (C=O) groups is 1. The maximum Gasteiger partial charge on any atom is 0.255 e. The normalized spacial score (nSPS) is 11.9. The van der Waals surface area contributed by atoms with E-state index in [1.165, 1.54) is 5.56 Å². The second-order valence-electron chi connectivity index (χ2n) is 5.08. The third kappa shape index (κ3) is 3.60. The van der Waals surface area contributed by atoms with Crippen molar-refractivity contribution in [3.05, 3.63) is 65.2 Å². The molecule has 0 spiro atoms. The van der Waals surface area contributed by atoms with Gasteiger partial charge in [-0.2, -0.15) is 0 Å². The zero-order valence-corrected chi connectivity index (χ0v) is 11.8. The van der Waals surface area contributed by atoms with Gasteiger partial charge < -0.3 is 10.4 Å². The van der Waals surface area contributed by atoms with E-state index >= 15 is 0 Å². The summed E-state index contributed by atoms with van der Waals surface area (Å²) in [5.74, 6) is -0.222. The lowest BCUT2D eigenvalue weighted by Gasteiger charge is -2.14. The monoisotopic (exact) mass is 269 g/mol. The number of aryl methyl sites for hydroxylation is 1. The standard InChI is InChI=1S/C17H19NO2/c1-12-8-9-15(16(19)10-12)17(20)18-13(2)11-14-6-4-3-5-7-14/h3-10,13,19H,11H2,1-2H3,(H,18,20). The Morgan fingerprint density at radius 1 is 1.20 bits per heavy atom. The van der Waals surface area contributed by atoms with Crippen LogP contribution in [0.4, 0.5) is 0 Å². The van der Waals surface area contributed by atoms with Gasteiger partial charge >= 0.3 is 0 Å².